The highest BCUT2D eigenvalue weighted by molar-refractivity contribution is 7.92. The number of aromatic carboxylic acids is 1. The third-order valence-corrected chi connectivity index (χ3v) is 4.78. The molecule has 0 saturated carbocycles. The van der Waals surface area contributed by atoms with E-state index in [-0.39, 0.29) is 16.4 Å². The Kier molecular flexibility index (Phi) is 4.15. The van der Waals surface area contributed by atoms with Gasteiger partial charge in [0.1, 0.15) is 5.82 Å². The molecule has 1 heterocycles. The van der Waals surface area contributed by atoms with Crippen molar-refractivity contribution in [1.29, 1.82) is 0 Å². The number of benzene rings is 1. The van der Waals surface area contributed by atoms with Crippen molar-refractivity contribution in [3.05, 3.63) is 53.2 Å². The van der Waals surface area contributed by atoms with Crippen molar-refractivity contribution in [3.8, 4) is 0 Å². The lowest BCUT2D eigenvalue weighted by atomic mass is 10.3. The van der Waals surface area contributed by atoms with Crippen LogP contribution in [-0.4, -0.2) is 31.5 Å². The topological polar surface area (TPSA) is 87.6 Å². The minimum absolute atomic E-state index is 0.0184. The first kappa shape index (κ1) is 15.3. The van der Waals surface area contributed by atoms with Crippen LogP contribution in [0.5, 0.6) is 0 Å². The average Bonchev–Trinajstić information content (AvgIpc) is 2.47. The number of rotatable bonds is 4. The van der Waals surface area contributed by atoms with Crippen molar-refractivity contribution in [2.24, 2.45) is 0 Å². The predicted molar refractivity (Wildman–Crippen MR) is 78.2 cm³/mol. The molecular formula is C13H11ClN2O4S. The highest BCUT2D eigenvalue weighted by Gasteiger charge is 2.22. The molecule has 1 aromatic carbocycles. The summed E-state index contributed by atoms with van der Waals surface area (Å²) in [4.78, 5) is 14.7. The molecule has 0 amide bonds. The van der Waals surface area contributed by atoms with Crippen LogP contribution in [0.3, 0.4) is 0 Å². The van der Waals surface area contributed by atoms with Gasteiger partial charge in [0.05, 0.1) is 4.90 Å². The molecule has 2 rings (SSSR count). The van der Waals surface area contributed by atoms with Crippen LogP contribution in [-0.2, 0) is 10.0 Å². The minimum atomic E-state index is -3.83. The summed E-state index contributed by atoms with van der Waals surface area (Å²) < 4.78 is 25.8. The second kappa shape index (κ2) is 5.71. The normalized spacial score (nSPS) is 11.1. The van der Waals surface area contributed by atoms with Crippen LogP contribution in [0.2, 0.25) is 5.02 Å². The van der Waals surface area contributed by atoms with Crippen LogP contribution < -0.4 is 4.31 Å². The quantitative estimate of drug-likeness (QED) is 0.931. The molecule has 0 aliphatic carbocycles. The monoisotopic (exact) mass is 326 g/mol. The maximum absolute atomic E-state index is 12.4. The highest BCUT2D eigenvalue weighted by Crippen LogP contribution is 2.21. The van der Waals surface area contributed by atoms with Gasteiger partial charge in [-0.05, 0) is 36.4 Å². The van der Waals surface area contributed by atoms with Crippen LogP contribution in [0, 0.1) is 0 Å². The Morgan fingerprint density at radius 1 is 1.19 bits per heavy atom. The van der Waals surface area contributed by atoms with Crippen molar-refractivity contribution in [2.75, 3.05) is 11.4 Å². The van der Waals surface area contributed by atoms with E-state index in [2.05, 4.69) is 4.98 Å². The van der Waals surface area contributed by atoms with Gasteiger partial charge in [0.2, 0.25) is 0 Å². The Balaban J connectivity index is 2.43. The molecular weight excluding hydrogens is 316 g/mol. The van der Waals surface area contributed by atoms with E-state index in [1.165, 1.54) is 49.5 Å². The minimum Gasteiger partial charge on any atom is -0.477 e. The van der Waals surface area contributed by atoms with Crippen molar-refractivity contribution >= 4 is 33.4 Å². The lowest BCUT2D eigenvalue weighted by Gasteiger charge is -2.18. The van der Waals surface area contributed by atoms with Crippen molar-refractivity contribution in [2.45, 2.75) is 4.90 Å². The summed E-state index contributed by atoms with van der Waals surface area (Å²) in [5.74, 6) is -1.21. The van der Waals surface area contributed by atoms with Crippen LogP contribution in [0.15, 0.2) is 47.4 Å². The molecule has 21 heavy (non-hydrogen) atoms. The maximum Gasteiger partial charge on any atom is 0.354 e. The molecule has 0 bridgehead atoms. The van der Waals surface area contributed by atoms with Gasteiger partial charge in [-0.15, -0.1) is 0 Å². The largest absolute Gasteiger partial charge is 0.477 e. The van der Waals surface area contributed by atoms with Gasteiger partial charge in [0, 0.05) is 12.1 Å². The van der Waals surface area contributed by atoms with Crippen molar-refractivity contribution in [1.82, 2.24) is 4.98 Å². The van der Waals surface area contributed by atoms with Gasteiger partial charge in [-0.25, -0.2) is 18.2 Å². The molecule has 110 valence electrons. The summed E-state index contributed by atoms with van der Waals surface area (Å²) in [7, 11) is -2.53. The van der Waals surface area contributed by atoms with Gasteiger partial charge in [-0.3, -0.25) is 4.31 Å². The molecule has 0 saturated heterocycles. The zero-order chi connectivity index (χ0) is 15.6. The Bertz CT molecular complexity index is 775. The number of aromatic nitrogens is 1. The number of carbonyl (C=O) groups is 1. The predicted octanol–water partition coefficient (Wildman–Crippen LogP) is 2.26. The molecule has 0 unspecified atom stereocenters. The average molecular weight is 327 g/mol. The Hall–Kier alpha value is -2.12. The second-order valence-corrected chi connectivity index (χ2v) is 6.52. The van der Waals surface area contributed by atoms with Crippen LogP contribution >= 0.6 is 11.6 Å². The summed E-state index contributed by atoms with van der Waals surface area (Å²) in [6.45, 7) is 0. The molecule has 0 atom stereocenters. The van der Waals surface area contributed by atoms with Gasteiger partial charge in [-0.1, -0.05) is 17.7 Å². The van der Waals surface area contributed by atoms with E-state index in [0.29, 0.717) is 5.02 Å². The molecule has 0 spiro atoms. The highest BCUT2D eigenvalue weighted by atomic mass is 35.5. The summed E-state index contributed by atoms with van der Waals surface area (Å²) in [5.41, 5.74) is -0.231. The number of halogens is 1. The Labute approximate surface area is 126 Å². The number of sulfonamides is 1. The van der Waals surface area contributed by atoms with E-state index in [0.717, 1.165) is 4.31 Å². The zero-order valence-corrected chi connectivity index (χ0v) is 12.5. The first-order valence-electron chi connectivity index (χ1n) is 5.77. The summed E-state index contributed by atoms with van der Waals surface area (Å²) >= 11 is 5.73. The Morgan fingerprint density at radius 2 is 1.81 bits per heavy atom. The lowest BCUT2D eigenvalue weighted by Crippen LogP contribution is -2.27. The number of hydrogen-bond donors (Lipinski definition) is 1. The van der Waals surface area contributed by atoms with Crippen molar-refractivity contribution < 1.29 is 18.3 Å². The van der Waals surface area contributed by atoms with Gasteiger partial charge in [-0.2, -0.15) is 0 Å². The van der Waals surface area contributed by atoms with Crippen LogP contribution in [0.4, 0.5) is 5.82 Å². The molecule has 0 fully saturated rings. The van der Waals surface area contributed by atoms with E-state index in [1.807, 2.05) is 0 Å². The molecule has 0 radical (unpaired) electrons. The molecule has 6 nitrogen and oxygen atoms in total. The lowest BCUT2D eigenvalue weighted by molar-refractivity contribution is 0.0690. The van der Waals surface area contributed by atoms with E-state index in [9.17, 15) is 13.2 Å². The van der Waals surface area contributed by atoms with Gasteiger partial charge >= 0.3 is 5.97 Å². The smallest absolute Gasteiger partial charge is 0.354 e. The molecule has 0 aliphatic heterocycles. The number of carboxylic acids is 1. The summed E-state index contributed by atoms with van der Waals surface area (Å²) in [6.07, 6.45) is 0. The third kappa shape index (κ3) is 3.14. The summed E-state index contributed by atoms with van der Waals surface area (Å²) in [6, 6.07) is 9.80. The molecule has 0 aliphatic rings. The van der Waals surface area contributed by atoms with Crippen LogP contribution in [0.1, 0.15) is 10.5 Å². The molecule has 1 N–H and O–H groups in total. The fourth-order valence-corrected chi connectivity index (χ4v) is 2.88. The fraction of sp³-hybridized carbons (Fsp3) is 0.0769. The van der Waals surface area contributed by atoms with Gasteiger partial charge in [0.15, 0.2) is 5.69 Å². The zero-order valence-electron chi connectivity index (χ0n) is 10.9. The number of carboxylic acid groups (broad SMARTS) is 1. The molecule has 8 heteroatoms. The van der Waals surface area contributed by atoms with E-state index >= 15 is 0 Å². The summed E-state index contributed by atoms with van der Waals surface area (Å²) in [5, 5.41) is 9.32. The number of nitrogens with zero attached hydrogens (tertiary/aromatic N) is 2. The first-order valence-corrected chi connectivity index (χ1v) is 7.59. The SMILES string of the molecule is CN(c1cccc(C(=O)O)n1)S(=O)(=O)c1ccc(Cl)cc1. The van der Waals surface area contributed by atoms with Crippen LogP contribution in [0.25, 0.3) is 0 Å². The third-order valence-electron chi connectivity index (χ3n) is 2.75. The van der Waals surface area contributed by atoms with E-state index < -0.39 is 16.0 Å². The van der Waals surface area contributed by atoms with Gasteiger partial charge < -0.3 is 5.11 Å². The Morgan fingerprint density at radius 3 is 2.38 bits per heavy atom. The number of anilines is 1. The standard InChI is InChI=1S/C13H11ClN2O4S/c1-16(12-4-2-3-11(15-12)13(17)18)21(19,20)10-7-5-9(14)6-8-10/h2-8H,1H3,(H,17,18). The van der Waals surface area contributed by atoms with Crippen molar-refractivity contribution in [3.63, 3.8) is 0 Å². The maximum atomic E-state index is 12.4. The first-order chi connectivity index (χ1) is 9.82. The second-order valence-electron chi connectivity index (χ2n) is 4.11. The molecule has 1 aromatic heterocycles. The molecule has 2 aromatic rings. The number of pyridine rings is 1. The van der Waals surface area contributed by atoms with Gasteiger partial charge in [0.25, 0.3) is 10.0 Å². The van der Waals surface area contributed by atoms with E-state index in [4.69, 9.17) is 16.7 Å². The number of hydrogen-bond acceptors (Lipinski definition) is 4. The van der Waals surface area contributed by atoms with E-state index in [1.54, 1.807) is 0 Å². The fourth-order valence-electron chi connectivity index (χ4n) is 1.61.